The van der Waals surface area contributed by atoms with Gasteiger partial charge in [-0.2, -0.15) is 0 Å². The average Bonchev–Trinajstić information content (AvgIpc) is 3.03. The lowest BCUT2D eigenvalue weighted by molar-refractivity contribution is -0.122. The number of carbonyl (C=O) groups is 2. The largest absolute Gasteiger partial charge is 0.371 e. The lowest BCUT2D eigenvalue weighted by atomic mass is 9.96. The maximum atomic E-state index is 12.5. The second kappa shape index (κ2) is 7.59. The molecule has 0 spiro atoms. The molecule has 1 saturated heterocycles. The molecule has 1 aliphatic heterocycles. The molecule has 0 atom stereocenters. The van der Waals surface area contributed by atoms with Gasteiger partial charge in [-0.3, -0.25) is 9.59 Å². The van der Waals surface area contributed by atoms with Gasteiger partial charge in [-0.1, -0.05) is 12.1 Å². The Balaban J connectivity index is 1.64. The third-order valence-corrected chi connectivity index (χ3v) is 4.88. The third-order valence-electron chi connectivity index (χ3n) is 4.88. The summed E-state index contributed by atoms with van der Waals surface area (Å²) in [6.45, 7) is 5.28. The third kappa shape index (κ3) is 3.71. The van der Waals surface area contributed by atoms with E-state index in [2.05, 4.69) is 15.4 Å². The lowest BCUT2D eigenvalue weighted by Gasteiger charge is -2.32. The maximum absolute atomic E-state index is 12.5. The minimum atomic E-state index is -0.212. The second-order valence-corrected chi connectivity index (χ2v) is 6.58. The van der Waals surface area contributed by atoms with Gasteiger partial charge < -0.3 is 20.5 Å². The van der Waals surface area contributed by atoms with Gasteiger partial charge in [0.05, 0.1) is 5.69 Å². The van der Waals surface area contributed by atoms with Crippen molar-refractivity contribution in [3.05, 3.63) is 41.3 Å². The van der Waals surface area contributed by atoms with Crippen LogP contribution in [0.5, 0.6) is 0 Å². The summed E-state index contributed by atoms with van der Waals surface area (Å²) >= 11 is 0. The molecule has 138 valence electrons. The van der Waals surface area contributed by atoms with Crippen molar-refractivity contribution in [1.82, 2.24) is 5.16 Å². The highest BCUT2D eigenvalue weighted by Gasteiger charge is 2.23. The minimum Gasteiger partial charge on any atom is -0.371 e. The van der Waals surface area contributed by atoms with E-state index in [0.717, 1.165) is 31.6 Å². The first-order valence-electron chi connectivity index (χ1n) is 8.90. The molecule has 1 aromatic carbocycles. The van der Waals surface area contributed by atoms with Crippen LogP contribution in [0.15, 0.2) is 28.8 Å². The van der Waals surface area contributed by atoms with Crippen molar-refractivity contribution in [2.75, 3.05) is 23.3 Å². The lowest BCUT2D eigenvalue weighted by Crippen LogP contribution is -2.38. The highest BCUT2D eigenvalue weighted by atomic mass is 16.5. The molecule has 1 aromatic heterocycles. The van der Waals surface area contributed by atoms with Gasteiger partial charge >= 0.3 is 0 Å². The molecule has 0 radical (unpaired) electrons. The van der Waals surface area contributed by atoms with Gasteiger partial charge in [0.15, 0.2) is 0 Å². The van der Waals surface area contributed by atoms with Crippen LogP contribution >= 0.6 is 0 Å². The topological polar surface area (TPSA) is 101 Å². The quantitative estimate of drug-likeness (QED) is 0.857. The number of aromatic nitrogens is 1. The molecule has 2 aromatic rings. The number of hydrogen-bond donors (Lipinski definition) is 2. The molecular weight excluding hydrogens is 332 g/mol. The van der Waals surface area contributed by atoms with E-state index in [1.54, 1.807) is 6.92 Å². The van der Waals surface area contributed by atoms with Crippen LogP contribution in [-0.2, 0) is 11.2 Å². The van der Waals surface area contributed by atoms with E-state index in [1.807, 2.05) is 31.2 Å². The number of rotatable bonds is 5. The predicted octanol–water partition coefficient (Wildman–Crippen LogP) is 2.50. The molecule has 0 saturated carbocycles. The van der Waals surface area contributed by atoms with Crippen molar-refractivity contribution in [2.45, 2.75) is 33.1 Å². The Labute approximate surface area is 152 Å². The van der Waals surface area contributed by atoms with Gasteiger partial charge in [-0.25, -0.2) is 0 Å². The van der Waals surface area contributed by atoms with Crippen molar-refractivity contribution < 1.29 is 14.1 Å². The number of nitrogens with zero attached hydrogens (tertiary/aromatic N) is 2. The summed E-state index contributed by atoms with van der Waals surface area (Å²) in [6.07, 6.45) is 2.20. The van der Waals surface area contributed by atoms with Crippen LogP contribution < -0.4 is 16.0 Å². The highest BCUT2D eigenvalue weighted by molar-refractivity contribution is 6.05. The summed E-state index contributed by atoms with van der Waals surface area (Å²) < 4.78 is 5.12. The number of hydrogen-bond acceptors (Lipinski definition) is 5. The monoisotopic (exact) mass is 356 g/mol. The molecule has 2 heterocycles. The Morgan fingerprint density at radius 2 is 1.92 bits per heavy atom. The molecule has 2 amide bonds. The zero-order valence-electron chi connectivity index (χ0n) is 15.1. The Kier molecular flexibility index (Phi) is 5.25. The molecule has 1 aliphatic rings. The van der Waals surface area contributed by atoms with E-state index in [4.69, 9.17) is 10.3 Å². The number of nitrogens with one attached hydrogen (secondary N) is 1. The maximum Gasteiger partial charge on any atom is 0.261 e. The number of primary amides is 1. The Bertz CT molecular complexity index is 790. The second-order valence-electron chi connectivity index (χ2n) is 6.58. The number of aryl methyl sites for hydroxylation is 2. The van der Waals surface area contributed by atoms with Gasteiger partial charge in [-0.15, -0.1) is 0 Å². The Hall–Kier alpha value is -2.83. The first kappa shape index (κ1) is 18.0. The standard InChI is InChI=1S/C19H24N4O3/c1-3-16-17(12(2)26-22-16)19(25)21-14-4-6-15(7-5-14)23-10-8-13(9-11-23)18(20)24/h4-7,13H,3,8-11H2,1-2H3,(H2,20,24)(H,21,25). The minimum absolute atomic E-state index is 0.0237. The number of benzene rings is 1. The molecule has 0 bridgehead atoms. The Morgan fingerprint density at radius 3 is 2.50 bits per heavy atom. The zero-order valence-corrected chi connectivity index (χ0v) is 15.1. The predicted molar refractivity (Wildman–Crippen MR) is 99.1 cm³/mol. The van der Waals surface area contributed by atoms with Crippen LogP contribution in [0.4, 0.5) is 11.4 Å². The number of amides is 2. The molecule has 1 fully saturated rings. The average molecular weight is 356 g/mol. The normalized spacial score (nSPS) is 15.1. The molecule has 7 heteroatoms. The molecule has 3 N–H and O–H groups in total. The molecule has 26 heavy (non-hydrogen) atoms. The fourth-order valence-electron chi connectivity index (χ4n) is 3.32. The Morgan fingerprint density at radius 1 is 1.27 bits per heavy atom. The molecule has 0 unspecified atom stereocenters. The number of piperidine rings is 1. The van der Waals surface area contributed by atoms with Gasteiger partial charge in [-0.05, 0) is 50.5 Å². The summed E-state index contributed by atoms with van der Waals surface area (Å²) in [7, 11) is 0. The molecule has 7 nitrogen and oxygen atoms in total. The summed E-state index contributed by atoms with van der Waals surface area (Å²) in [6, 6.07) is 7.70. The summed E-state index contributed by atoms with van der Waals surface area (Å²) in [5.41, 5.74) is 8.33. The van der Waals surface area contributed by atoms with Crippen molar-refractivity contribution in [3.63, 3.8) is 0 Å². The van der Waals surface area contributed by atoms with E-state index in [9.17, 15) is 9.59 Å². The van der Waals surface area contributed by atoms with Crippen LogP contribution in [0.3, 0.4) is 0 Å². The van der Waals surface area contributed by atoms with Crippen LogP contribution in [0.25, 0.3) is 0 Å². The van der Waals surface area contributed by atoms with E-state index >= 15 is 0 Å². The van der Waals surface area contributed by atoms with Crippen LogP contribution in [0.1, 0.15) is 41.6 Å². The van der Waals surface area contributed by atoms with E-state index < -0.39 is 0 Å². The first-order valence-corrected chi connectivity index (χ1v) is 8.90. The highest BCUT2D eigenvalue weighted by Crippen LogP contribution is 2.25. The SMILES string of the molecule is CCc1noc(C)c1C(=O)Nc1ccc(N2CCC(C(N)=O)CC2)cc1. The van der Waals surface area contributed by atoms with E-state index in [1.165, 1.54) is 0 Å². The smallest absolute Gasteiger partial charge is 0.261 e. The first-order chi connectivity index (χ1) is 12.5. The van der Waals surface area contributed by atoms with Gasteiger partial charge in [0.2, 0.25) is 5.91 Å². The fourth-order valence-corrected chi connectivity index (χ4v) is 3.32. The van der Waals surface area contributed by atoms with Gasteiger partial charge in [0, 0.05) is 30.4 Å². The summed E-state index contributed by atoms with van der Waals surface area (Å²) in [4.78, 5) is 26.0. The fraction of sp³-hybridized carbons (Fsp3) is 0.421. The van der Waals surface area contributed by atoms with Crippen molar-refractivity contribution in [1.29, 1.82) is 0 Å². The van der Waals surface area contributed by atoms with Gasteiger partial charge in [0.1, 0.15) is 11.3 Å². The molecular formula is C19H24N4O3. The number of nitrogens with two attached hydrogens (primary N) is 1. The number of carbonyl (C=O) groups excluding carboxylic acids is 2. The summed E-state index contributed by atoms with van der Waals surface area (Å²) in [5.74, 6) is 0.0754. The van der Waals surface area contributed by atoms with Crippen molar-refractivity contribution >= 4 is 23.2 Å². The van der Waals surface area contributed by atoms with Crippen LogP contribution in [0, 0.1) is 12.8 Å². The molecule has 0 aliphatic carbocycles. The number of anilines is 2. The van der Waals surface area contributed by atoms with Gasteiger partial charge in [0.25, 0.3) is 5.91 Å². The van der Waals surface area contributed by atoms with Crippen LogP contribution in [0.2, 0.25) is 0 Å². The van der Waals surface area contributed by atoms with Crippen molar-refractivity contribution in [2.24, 2.45) is 11.7 Å². The van der Waals surface area contributed by atoms with E-state index in [-0.39, 0.29) is 17.7 Å². The van der Waals surface area contributed by atoms with E-state index in [0.29, 0.717) is 29.1 Å². The zero-order chi connectivity index (χ0) is 18.7. The molecule has 3 rings (SSSR count). The van der Waals surface area contributed by atoms with Crippen molar-refractivity contribution in [3.8, 4) is 0 Å². The summed E-state index contributed by atoms with van der Waals surface area (Å²) in [5, 5.41) is 6.81. The van der Waals surface area contributed by atoms with Crippen LogP contribution in [-0.4, -0.2) is 30.1 Å².